The smallest absolute Gasteiger partial charge is 0.242 e. The quantitative estimate of drug-likeness (QED) is 0.818. The number of carbonyl (C=O) groups is 1. The molecule has 0 spiro atoms. The number of amides is 1. The maximum atomic E-state index is 12.5. The summed E-state index contributed by atoms with van der Waals surface area (Å²) < 4.78 is 25.2. The summed E-state index contributed by atoms with van der Waals surface area (Å²) in [5.41, 5.74) is 0. The minimum absolute atomic E-state index is 0.0316. The first-order valence-electron chi connectivity index (χ1n) is 7.02. The topological polar surface area (TPSA) is 88.1 Å². The molecule has 0 aliphatic carbocycles. The number of hydrogen-bond donors (Lipinski definition) is 1. The summed E-state index contributed by atoms with van der Waals surface area (Å²) in [6.07, 6.45) is 0.485. The average Bonchev–Trinajstić information content (AvgIpc) is 3.20. The van der Waals surface area contributed by atoms with Crippen molar-refractivity contribution in [3.63, 3.8) is 0 Å². The van der Waals surface area contributed by atoms with Crippen LogP contribution >= 0.6 is 23.6 Å². The van der Waals surface area contributed by atoms with Gasteiger partial charge in [0.15, 0.2) is 20.4 Å². The van der Waals surface area contributed by atoms with Gasteiger partial charge in [-0.05, 0) is 30.1 Å². The molecule has 1 N–H and O–H groups in total. The zero-order valence-electron chi connectivity index (χ0n) is 12.4. The Labute approximate surface area is 142 Å². The Morgan fingerprint density at radius 2 is 2.39 bits per heavy atom. The lowest BCUT2D eigenvalue weighted by Gasteiger charge is -2.23. The lowest BCUT2D eigenvalue weighted by Crippen LogP contribution is -2.39. The lowest BCUT2D eigenvalue weighted by atomic mass is 10.2. The monoisotopic (exact) mass is 372 g/mol. The third-order valence-electron chi connectivity index (χ3n) is 3.94. The number of carbonyl (C=O) groups excluding carboxylic acids is 1. The summed E-state index contributed by atoms with van der Waals surface area (Å²) in [6.45, 7) is 0.0373. The van der Waals surface area contributed by atoms with E-state index in [1.54, 1.807) is 11.6 Å². The second-order valence-corrected chi connectivity index (χ2v) is 9.04. The molecule has 2 aromatic heterocycles. The summed E-state index contributed by atoms with van der Waals surface area (Å²) >= 11 is 6.72. The number of likely N-dealkylation sites (N-methyl/N-ethyl adjacent to an activating group) is 1. The van der Waals surface area contributed by atoms with Crippen molar-refractivity contribution in [3.8, 4) is 10.7 Å². The molecular weight excluding hydrogens is 356 g/mol. The van der Waals surface area contributed by atoms with Gasteiger partial charge >= 0.3 is 0 Å². The molecule has 1 aliphatic rings. The van der Waals surface area contributed by atoms with Gasteiger partial charge in [0.2, 0.25) is 5.91 Å². The van der Waals surface area contributed by atoms with Crippen LogP contribution in [0.3, 0.4) is 0 Å². The molecule has 1 amide bonds. The van der Waals surface area contributed by atoms with E-state index in [0.29, 0.717) is 17.0 Å². The highest BCUT2D eigenvalue weighted by Crippen LogP contribution is 2.23. The second-order valence-electron chi connectivity index (χ2n) is 5.48. The number of thiophene rings is 1. The van der Waals surface area contributed by atoms with Gasteiger partial charge in [-0.25, -0.2) is 8.42 Å². The van der Waals surface area contributed by atoms with Crippen LogP contribution in [-0.2, 0) is 21.2 Å². The highest BCUT2D eigenvalue weighted by atomic mass is 32.2. The minimum Gasteiger partial charge on any atom is -0.340 e. The minimum atomic E-state index is -3.03. The molecule has 23 heavy (non-hydrogen) atoms. The predicted molar refractivity (Wildman–Crippen MR) is 90.6 cm³/mol. The van der Waals surface area contributed by atoms with Crippen molar-refractivity contribution in [2.45, 2.75) is 19.0 Å². The maximum Gasteiger partial charge on any atom is 0.242 e. The Morgan fingerprint density at radius 3 is 3.00 bits per heavy atom. The molecule has 0 radical (unpaired) electrons. The molecule has 10 heteroatoms. The van der Waals surface area contributed by atoms with Crippen LogP contribution in [0.2, 0.25) is 0 Å². The molecule has 0 saturated carbocycles. The van der Waals surface area contributed by atoms with Gasteiger partial charge in [-0.2, -0.15) is 5.10 Å². The first kappa shape index (κ1) is 16.3. The van der Waals surface area contributed by atoms with Gasteiger partial charge in [-0.3, -0.25) is 14.5 Å². The number of rotatable bonds is 4. The van der Waals surface area contributed by atoms with Crippen LogP contribution in [0.1, 0.15) is 6.42 Å². The summed E-state index contributed by atoms with van der Waals surface area (Å²) in [5, 5.41) is 8.81. The SMILES string of the molecule is CN(C(=O)Cn1c(-c2cccs2)n[nH]c1=S)C1CCS(=O)(=O)C1. The van der Waals surface area contributed by atoms with Crippen LogP contribution in [-0.4, -0.2) is 58.6 Å². The molecule has 0 aromatic carbocycles. The highest BCUT2D eigenvalue weighted by Gasteiger charge is 2.33. The summed E-state index contributed by atoms with van der Waals surface area (Å²) in [7, 11) is -1.38. The van der Waals surface area contributed by atoms with Crippen LogP contribution in [0.15, 0.2) is 17.5 Å². The molecule has 7 nitrogen and oxygen atoms in total. The first-order chi connectivity index (χ1) is 10.9. The molecule has 3 rings (SSSR count). The van der Waals surface area contributed by atoms with Gasteiger partial charge in [0.1, 0.15) is 6.54 Å². The van der Waals surface area contributed by atoms with E-state index in [9.17, 15) is 13.2 Å². The van der Waals surface area contributed by atoms with Crippen LogP contribution in [0, 0.1) is 4.77 Å². The molecule has 1 aliphatic heterocycles. The van der Waals surface area contributed by atoms with Crippen molar-refractivity contribution in [1.82, 2.24) is 19.7 Å². The molecule has 1 fully saturated rings. The fourth-order valence-corrected chi connectivity index (χ4v) is 5.28. The normalized spacial score (nSPS) is 19.8. The molecule has 1 unspecified atom stereocenters. The number of aromatic nitrogens is 3. The van der Waals surface area contributed by atoms with Gasteiger partial charge in [-0.1, -0.05) is 6.07 Å². The number of nitrogens with zero attached hydrogens (tertiary/aromatic N) is 3. The van der Waals surface area contributed by atoms with Crippen LogP contribution < -0.4 is 0 Å². The predicted octanol–water partition coefficient (Wildman–Crippen LogP) is 1.31. The number of nitrogens with one attached hydrogen (secondary N) is 1. The largest absolute Gasteiger partial charge is 0.340 e. The lowest BCUT2D eigenvalue weighted by molar-refractivity contribution is -0.132. The summed E-state index contributed by atoms with van der Waals surface area (Å²) in [6, 6.07) is 3.54. The zero-order chi connectivity index (χ0) is 16.6. The maximum absolute atomic E-state index is 12.5. The van der Waals surface area contributed by atoms with Crippen molar-refractivity contribution < 1.29 is 13.2 Å². The fraction of sp³-hybridized carbons (Fsp3) is 0.462. The Bertz CT molecular complexity index is 867. The number of sulfone groups is 1. The Balaban J connectivity index is 1.79. The van der Waals surface area contributed by atoms with Crippen molar-refractivity contribution in [3.05, 3.63) is 22.3 Å². The van der Waals surface area contributed by atoms with E-state index in [4.69, 9.17) is 12.2 Å². The van der Waals surface area contributed by atoms with Gasteiger partial charge < -0.3 is 4.90 Å². The third-order valence-corrected chi connectivity index (χ3v) is 6.87. The van der Waals surface area contributed by atoms with Crippen LogP contribution in [0.4, 0.5) is 0 Å². The summed E-state index contributed by atoms with van der Waals surface area (Å²) in [4.78, 5) is 14.9. The van der Waals surface area contributed by atoms with Gasteiger partial charge in [-0.15, -0.1) is 11.3 Å². The molecule has 3 heterocycles. The van der Waals surface area contributed by atoms with E-state index in [2.05, 4.69) is 10.2 Å². The fourth-order valence-electron chi connectivity index (χ4n) is 2.59. The van der Waals surface area contributed by atoms with E-state index in [1.807, 2.05) is 17.5 Å². The van der Waals surface area contributed by atoms with Crippen molar-refractivity contribution in [2.75, 3.05) is 18.6 Å². The van der Waals surface area contributed by atoms with Crippen LogP contribution in [0.25, 0.3) is 10.7 Å². The van der Waals surface area contributed by atoms with Gasteiger partial charge in [0.25, 0.3) is 0 Å². The number of aromatic amines is 1. The molecule has 2 aromatic rings. The molecular formula is C13H16N4O3S3. The van der Waals surface area contributed by atoms with Gasteiger partial charge in [0, 0.05) is 13.1 Å². The molecule has 0 bridgehead atoms. The summed E-state index contributed by atoms with van der Waals surface area (Å²) in [5.74, 6) is 0.609. The van der Waals surface area contributed by atoms with E-state index in [1.165, 1.54) is 16.2 Å². The van der Waals surface area contributed by atoms with E-state index in [0.717, 1.165) is 4.88 Å². The number of H-pyrrole nitrogens is 1. The van der Waals surface area contributed by atoms with Gasteiger partial charge in [0.05, 0.1) is 16.4 Å². The van der Waals surface area contributed by atoms with E-state index < -0.39 is 9.84 Å². The van der Waals surface area contributed by atoms with Crippen molar-refractivity contribution >= 4 is 39.3 Å². The standard InChI is InChI=1S/C13H16N4O3S3/c1-16(9-4-6-23(19,20)8-9)11(18)7-17-12(14-15-13(17)21)10-3-2-5-22-10/h2-3,5,9H,4,6-8H2,1H3,(H,15,21). The van der Waals surface area contributed by atoms with Crippen molar-refractivity contribution in [1.29, 1.82) is 0 Å². The van der Waals surface area contributed by atoms with E-state index in [-0.39, 0.29) is 30.0 Å². The Morgan fingerprint density at radius 1 is 1.61 bits per heavy atom. The molecule has 1 saturated heterocycles. The highest BCUT2D eigenvalue weighted by molar-refractivity contribution is 7.91. The number of hydrogen-bond acceptors (Lipinski definition) is 6. The molecule has 1 atom stereocenters. The first-order valence-corrected chi connectivity index (χ1v) is 10.1. The van der Waals surface area contributed by atoms with E-state index >= 15 is 0 Å². The van der Waals surface area contributed by atoms with Crippen LogP contribution in [0.5, 0.6) is 0 Å². The Kier molecular flexibility index (Phi) is 4.39. The third kappa shape index (κ3) is 3.38. The molecule has 124 valence electrons. The van der Waals surface area contributed by atoms with Crippen molar-refractivity contribution in [2.24, 2.45) is 0 Å². The second kappa shape index (κ2) is 6.17. The Hall–Kier alpha value is -1.52. The zero-order valence-corrected chi connectivity index (χ0v) is 14.9. The average molecular weight is 372 g/mol.